The number of nitrogens with one attached hydrogen (secondary N) is 1. The van der Waals surface area contributed by atoms with Gasteiger partial charge in [0, 0.05) is 23.7 Å². The largest absolute Gasteiger partial charge is 0.396 e. The second-order valence-corrected chi connectivity index (χ2v) is 4.78. The van der Waals surface area contributed by atoms with E-state index in [9.17, 15) is 4.39 Å². The third kappa shape index (κ3) is 5.48. The van der Waals surface area contributed by atoms with E-state index in [-0.39, 0.29) is 12.4 Å². The molecule has 0 bridgehead atoms. The maximum absolute atomic E-state index is 13.3. The third-order valence-electron chi connectivity index (χ3n) is 2.69. The zero-order valence-electron chi connectivity index (χ0n) is 10.0. The highest BCUT2D eigenvalue weighted by molar-refractivity contribution is 6.30. The maximum atomic E-state index is 13.3. The van der Waals surface area contributed by atoms with Gasteiger partial charge < -0.3 is 10.4 Å². The molecule has 17 heavy (non-hydrogen) atoms. The summed E-state index contributed by atoms with van der Waals surface area (Å²) in [6.45, 7) is 3.54. The van der Waals surface area contributed by atoms with Crippen LogP contribution in [0.2, 0.25) is 5.02 Å². The van der Waals surface area contributed by atoms with Gasteiger partial charge in [0.15, 0.2) is 0 Å². The Morgan fingerprint density at radius 1 is 1.47 bits per heavy atom. The molecule has 0 radical (unpaired) electrons. The fraction of sp³-hybridized carbons (Fsp3) is 0.538. The highest BCUT2D eigenvalue weighted by Crippen LogP contribution is 2.14. The van der Waals surface area contributed by atoms with E-state index in [1.165, 1.54) is 6.07 Å². The molecule has 96 valence electrons. The van der Waals surface area contributed by atoms with Crippen molar-refractivity contribution in [3.8, 4) is 0 Å². The van der Waals surface area contributed by atoms with E-state index in [0.717, 1.165) is 19.4 Å². The second kappa shape index (κ2) is 7.64. The van der Waals surface area contributed by atoms with Crippen molar-refractivity contribution in [2.24, 2.45) is 5.92 Å². The molecule has 0 fully saturated rings. The first-order valence-corrected chi connectivity index (χ1v) is 6.26. The lowest BCUT2D eigenvalue weighted by atomic mass is 10.1. The molecule has 2 N–H and O–H groups in total. The van der Waals surface area contributed by atoms with Crippen LogP contribution in [0.15, 0.2) is 18.2 Å². The predicted octanol–water partition coefficient (Wildman–Crippen LogP) is 2.98. The van der Waals surface area contributed by atoms with Crippen molar-refractivity contribution < 1.29 is 9.50 Å². The van der Waals surface area contributed by atoms with Crippen molar-refractivity contribution in [1.29, 1.82) is 0 Å². The van der Waals surface area contributed by atoms with E-state index in [0.29, 0.717) is 23.0 Å². The Hall–Kier alpha value is -0.640. The molecule has 0 spiro atoms. The molecule has 1 rings (SSSR count). The van der Waals surface area contributed by atoms with Gasteiger partial charge in [-0.15, -0.1) is 0 Å². The minimum absolute atomic E-state index is 0.225. The van der Waals surface area contributed by atoms with E-state index in [2.05, 4.69) is 5.32 Å². The first-order valence-electron chi connectivity index (χ1n) is 5.89. The number of benzene rings is 1. The molecular formula is C13H19ClFNO. The van der Waals surface area contributed by atoms with Gasteiger partial charge in [-0.05, 0) is 43.5 Å². The highest BCUT2D eigenvalue weighted by atomic mass is 35.5. The highest BCUT2D eigenvalue weighted by Gasteiger charge is 2.03. The Bertz CT molecular complexity index is 346. The van der Waals surface area contributed by atoms with Crippen LogP contribution in [0.4, 0.5) is 4.39 Å². The van der Waals surface area contributed by atoms with Crippen LogP contribution in [0.1, 0.15) is 25.3 Å². The quantitative estimate of drug-likeness (QED) is 0.738. The van der Waals surface area contributed by atoms with E-state index in [1.54, 1.807) is 12.1 Å². The van der Waals surface area contributed by atoms with E-state index in [1.807, 2.05) is 6.92 Å². The first kappa shape index (κ1) is 14.4. The van der Waals surface area contributed by atoms with Gasteiger partial charge >= 0.3 is 0 Å². The van der Waals surface area contributed by atoms with Crippen molar-refractivity contribution in [2.45, 2.75) is 26.3 Å². The lowest BCUT2D eigenvalue weighted by Gasteiger charge is -2.09. The average molecular weight is 260 g/mol. The van der Waals surface area contributed by atoms with Crippen LogP contribution >= 0.6 is 11.6 Å². The lowest BCUT2D eigenvalue weighted by molar-refractivity contribution is 0.228. The van der Waals surface area contributed by atoms with Gasteiger partial charge in [0.1, 0.15) is 5.82 Å². The standard InChI is InChI=1S/C13H19ClFNO/c1-10(9-17)3-2-6-16-8-11-7-12(14)4-5-13(11)15/h4-5,7,10,16-17H,2-3,6,8-9H2,1H3. The molecule has 4 heteroatoms. The lowest BCUT2D eigenvalue weighted by Crippen LogP contribution is -2.16. The van der Waals surface area contributed by atoms with E-state index in [4.69, 9.17) is 16.7 Å². The van der Waals surface area contributed by atoms with Crippen LogP contribution < -0.4 is 5.32 Å². The number of aliphatic hydroxyl groups excluding tert-OH is 1. The monoisotopic (exact) mass is 259 g/mol. The number of hydrogen-bond acceptors (Lipinski definition) is 2. The maximum Gasteiger partial charge on any atom is 0.127 e. The molecular weight excluding hydrogens is 241 g/mol. The number of halogens is 2. The summed E-state index contributed by atoms with van der Waals surface area (Å²) in [5.41, 5.74) is 0.590. The summed E-state index contributed by atoms with van der Waals surface area (Å²) >= 11 is 5.80. The number of rotatable bonds is 7. The Kier molecular flexibility index (Phi) is 6.48. The van der Waals surface area contributed by atoms with E-state index < -0.39 is 0 Å². The van der Waals surface area contributed by atoms with Gasteiger partial charge in [-0.1, -0.05) is 18.5 Å². The molecule has 0 aliphatic heterocycles. The van der Waals surface area contributed by atoms with Crippen LogP contribution in [0.25, 0.3) is 0 Å². The van der Waals surface area contributed by atoms with Crippen molar-refractivity contribution in [1.82, 2.24) is 5.32 Å². The SMILES string of the molecule is CC(CO)CCCNCc1cc(Cl)ccc1F. The Morgan fingerprint density at radius 2 is 2.24 bits per heavy atom. The number of aliphatic hydroxyl groups is 1. The van der Waals surface area contributed by atoms with Gasteiger partial charge in [-0.2, -0.15) is 0 Å². The Labute approximate surface area is 107 Å². The summed E-state index contributed by atoms with van der Waals surface area (Å²) in [6, 6.07) is 4.57. The molecule has 0 aromatic heterocycles. The van der Waals surface area contributed by atoms with Gasteiger partial charge in [0.25, 0.3) is 0 Å². The Balaban J connectivity index is 2.24. The van der Waals surface area contributed by atoms with Crippen LogP contribution in [-0.4, -0.2) is 18.3 Å². The van der Waals surface area contributed by atoms with Crippen LogP contribution in [0.3, 0.4) is 0 Å². The molecule has 0 aliphatic rings. The van der Waals surface area contributed by atoms with Crippen molar-refractivity contribution in [3.05, 3.63) is 34.6 Å². The fourth-order valence-electron chi connectivity index (χ4n) is 1.57. The predicted molar refractivity (Wildman–Crippen MR) is 68.6 cm³/mol. The molecule has 1 unspecified atom stereocenters. The van der Waals surface area contributed by atoms with Crippen LogP contribution in [-0.2, 0) is 6.54 Å². The molecule has 0 aliphatic carbocycles. The van der Waals surface area contributed by atoms with Crippen molar-refractivity contribution in [3.63, 3.8) is 0 Å². The second-order valence-electron chi connectivity index (χ2n) is 4.34. The van der Waals surface area contributed by atoms with Gasteiger partial charge in [-0.25, -0.2) is 4.39 Å². The summed E-state index contributed by atoms with van der Waals surface area (Å²) < 4.78 is 13.3. The zero-order valence-corrected chi connectivity index (χ0v) is 10.8. The molecule has 1 aromatic carbocycles. The van der Waals surface area contributed by atoms with Crippen LogP contribution in [0, 0.1) is 11.7 Å². The molecule has 1 aromatic rings. The smallest absolute Gasteiger partial charge is 0.127 e. The van der Waals surface area contributed by atoms with Crippen molar-refractivity contribution >= 4 is 11.6 Å². The summed E-state index contributed by atoms with van der Waals surface area (Å²) in [6.07, 6.45) is 1.95. The Morgan fingerprint density at radius 3 is 2.94 bits per heavy atom. The van der Waals surface area contributed by atoms with Gasteiger partial charge in [0.05, 0.1) is 0 Å². The molecule has 0 saturated heterocycles. The van der Waals surface area contributed by atoms with Crippen molar-refractivity contribution in [2.75, 3.05) is 13.2 Å². The van der Waals surface area contributed by atoms with Gasteiger partial charge in [-0.3, -0.25) is 0 Å². The molecule has 0 saturated carbocycles. The molecule has 0 heterocycles. The zero-order chi connectivity index (χ0) is 12.7. The van der Waals surface area contributed by atoms with Crippen LogP contribution in [0.5, 0.6) is 0 Å². The minimum atomic E-state index is -0.231. The topological polar surface area (TPSA) is 32.3 Å². The summed E-state index contributed by atoms with van der Waals surface area (Å²) in [5.74, 6) is 0.102. The third-order valence-corrected chi connectivity index (χ3v) is 2.92. The molecule has 0 amide bonds. The summed E-state index contributed by atoms with van der Waals surface area (Å²) in [7, 11) is 0. The van der Waals surface area contributed by atoms with Gasteiger partial charge in [0.2, 0.25) is 0 Å². The number of hydrogen-bond donors (Lipinski definition) is 2. The molecule has 2 nitrogen and oxygen atoms in total. The fourth-order valence-corrected chi connectivity index (χ4v) is 1.76. The summed E-state index contributed by atoms with van der Waals surface area (Å²) in [4.78, 5) is 0. The average Bonchev–Trinajstić information content (AvgIpc) is 2.32. The first-order chi connectivity index (χ1) is 8.13. The minimum Gasteiger partial charge on any atom is -0.396 e. The van der Waals surface area contributed by atoms with E-state index >= 15 is 0 Å². The molecule has 1 atom stereocenters. The summed E-state index contributed by atoms with van der Waals surface area (Å²) in [5, 5.41) is 12.6. The normalized spacial score (nSPS) is 12.7.